The van der Waals surface area contributed by atoms with Crippen molar-refractivity contribution in [2.75, 3.05) is 20.8 Å². The molecule has 0 saturated carbocycles. The first-order chi connectivity index (χ1) is 16.9. The van der Waals surface area contributed by atoms with Crippen LogP contribution in [0.1, 0.15) is 28.4 Å². The van der Waals surface area contributed by atoms with Gasteiger partial charge in [0.25, 0.3) is 0 Å². The Morgan fingerprint density at radius 1 is 0.943 bits per heavy atom. The molecule has 9 heteroatoms. The van der Waals surface area contributed by atoms with Crippen LogP contribution in [0.2, 0.25) is 5.02 Å². The Balaban J connectivity index is 1.65. The van der Waals surface area contributed by atoms with Crippen molar-refractivity contribution >= 4 is 29.7 Å². The molecule has 8 nitrogen and oxygen atoms in total. The molecule has 0 heterocycles. The monoisotopic (exact) mass is 496 g/mol. The Labute approximate surface area is 208 Å². The van der Waals surface area contributed by atoms with Crippen LogP contribution in [0, 0.1) is 0 Å². The number of halogens is 1. The molecule has 0 atom stereocenters. The minimum Gasteiger partial charge on any atom is -0.493 e. The lowest BCUT2D eigenvalue weighted by Crippen LogP contribution is -2.19. The number of benzene rings is 3. The number of amides is 1. The maximum absolute atomic E-state index is 12.5. The van der Waals surface area contributed by atoms with Crippen LogP contribution in [0.25, 0.3) is 0 Å². The van der Waals surface area contributed by atoms with E-state index in [4.69, 9.17) is 30.5 Å². The molecule has 0 aliphatic rings. The molecule has 3 aromatic carbocycles. The normalized spacial score (nSPS) is 10.6. The molecule has 0 bridgehead atoms. The number of esters is 1. The van der Waals surface area contributed by atoms with E-state index < -0.39 is 5.97 Å². The second kappa shape index (κ2) is 12.4. The van der Waals surface area contributed by atoms with E-state index in [1.54, 1.807) is 67.8 Å². The van der Waals surface area contributed by atoms with E-state index in [2.05, 4.69) is 10.5 Å². The van der Waals surface area contributed by atoms with Crippen molar-refractivity contribution in [1.29, 1.82) is 0 Å². The van der Waals surface area contributed by atoms with Gasteiger partial charge in [0, 0.05) is 0 Å². The zero-order valence-electron chi connectivity index (χ0n) is 19.5. The fourth-order valence-electron chi connectivity index (χ4n) is 3.13. The second-order valence-corrected chi connectivity index (χ2v) is 7.58. The number of hydrogen-bond donors (Lipinski definition) is 1. The molecule has 1 amide bonds. The third kappa shape index (κ3) is 6.97. The van der Waals surface area contributed by atoms with Gasteiger partial charge in [-0.2, -0.15) is 5.10 Å². The first-order valence-electron chi connectivity index (χ1n) is 10.7. The van der Waals surface area contributed by atoms with Crippen LogP contribution in [0.5, 0.6) is 23.0 Å². The first-order valence-corrected chi connectivity index (χ1v) is 11.1. The average Bonchev–Trinajstić information content (AvgIpc) is 2.85. The third-order valence-electron chi connectivity index (χ3n) is 4.78. The average molecular weight is 497 g/mol. The molecule has 0 unspecified atom stereocenters. The lowest BCUT2D eigenvalue weighted by Gasteiger charge is -2.12. The summed E-state index contributed by atoms with van der Waals surface area (Å²) >= 11 is 6.08. The van der Waals surface area contributed by atoms with Gasteiger partial charge in [0.2, 0.25) is 5.91 Å². The van der Waals surface area contributed by atoms with Gasteiger partial charge in [-0.3, -0.25) is 4.79 Å². The summed E-state index contributed by atoms with van der Waals surface area (Å²) in [6.07, 6.45) is 1.58. The summed E-state index contributed by atoms with van der Waals surface area (Å²) in [5.41, 5.74) is 4.12. The zero-order chi connectivity index (χ0) is 25.2. The number of rotatable bonds is 10. The summed E-state index contributed by atoms with van der Waals surface area (Å²) in [6.45, 7) is 2.17. The fourth-order valence-corrected chi connectivity index (χ4v) is 3.35. The number of hydrogen-bond acceptors (Lipinski definition) is 7. The van der Waals surface area contributed by atoms with Gasteiger partial charge < -0.3 is 18.9 Å². The van der Waals surface area contributed by atoms with Crippen LogP contribution in [-0.2, 0) is 11.2 Å². The van der Waals surface area contributed by atoms with Gasteiger partial charge in [-0.15, -0.1) is 0 Å². The lowest BCUT2D eigenvalue weighted by atomic mass is 10.1. The van der Waals surface area contributed by atoms with Crippen LogP contribution in [0.3, 0.4) is 0 Å². The standard InChI is InChI=1S/C26H25ClN2O6/c1-4-34-24-14-18(10-12-22(24)35-26(31)19-7-5-6-8-20(19)27)16-28-29-25(30)15-17-9-11-21(32-2)23(13-17)33-3/h5-14,16H,4,15H2,1-3H3,(H,29,30)/b28-16+. The molecule has 182 valence electrons. The Morgan fingerprint density at radius 3 is 2.40 bits per heavy atom. The quantitative estimate of drug-likeness (QED) is 0.190. The number of carbonyl (C=O) groups excluding carboxylic acids is 2. The van der Waals surface area contributed by atoms with Crippen LogP contribution in [0.4, 0.5) is 0 Å². The molecule has 35 heavy (non-hydrogen) atoms. The molecular weight excluding hydrogens is 472 g/mol. The molecule has 0 spiro atoms. The van der Waals surface area contributed by atoms with E-state index in [1.807, 2.05) is 6.92 Å². The maximum atomic E-state index is 12.5. The number of carbonyl (C=O) groups is 2. The maximum Gasteiger partial charge on any atom is 0.345 e. The van der Waals surface area contributed by atoms with Crippen molar-refractivity contribution in [2.24, 2.45) is 5.10 Å². The van der Waals surface area contributed by atoms with Gasteiger partial charge in [0.05, 0.1) is 44.0 Å². The summed E-state index contributed by atoms with van der Waals surface area (Å²) in [7, 11) is 3.08. The lowest BCUT2D eigenvalue weighted by molar-refractivity contribution is -0.120. The number of nitrogens with zero attached hydrogens (tertiary/aromatic N) is 1. The highest BCUT2D eigenvalue weighted by molar-refractivity contribution is 6.33. The predicted molar refractivity (Wildman–Crippen MR) is 133 cm³/mol. The molecule has 0 aromatic heterocycles. The Bertz CT molecular complexity index is 1230. The van der Waals surface area contributed by atoms with Gasteiger partial charge in [-0.25, -0.2) is 10.2 Å². The van der Waals surface area contributed by atoms with Gasteiger partial charge in [0.1, 0.15) is 0 Å². The molecule has 0 radical (unpaired) electrons. The molecule has 3 rings (SSSR count). The van der Waals surface area contributed by atoms with Crippen LogP contribution in [0.15, 0.2) is 65.8 Å². The Kier molecular flexibility index (Phi) is 9.09. The van der Waals surface area contributed by atoms with Gasteiger partial charge in [-0.05, 0) is 60.5 Å². The van der Waals surface area contributed by atoms with Crippen molar-refractivity contribution in [3.63, 3.8) is 0 Å². The smallest absolute Gasteiger partial charge is 0.345 e. The van der Waals surface area contributed by atoms with Crippen molar-refractivity contribution in [3.05, 3.63) is 82.4 Å². The third-order valence-corrected chi connectivity index (χ3v) is 5.11. The van der Waals surface area contributed by atoms with E-state index in [1.165, 1.54) is 13.3 Å². The van der Waals surface area contributed by atoms with Gasteiger partial charge in [-0.1, -0.05) is 29.8 Å². The van der Waals surface area contributed by atoms with E-state index >= 15 is 0 Å². The minimum atomic E-state index is -0.597. The molecule has 0 aliphatic heterocycles. The summed E-state index contributed by atoms with van der Waals surface area (Å²) in [5.74, 6) is 0.824. The predicted octanol–water partition coefficient (Wildman–Crippen LogP) is 4.67. The van der Waals surface area contributed by atoms with Crippen molar-refractivity contribution < 1.29 is 28.5 Å². The van der Waals surface area contributed by atoms with Crippen LogP contribution in [-0.4, -0.2) is 38.9 Å². The number of nitrogens with one attached hydrogen (secondary N) is 1. The van der Waals surface area contributed by atoms with E-state index in [0.717, 1.165) is 5.56 Å². The van der Waals surface area contributed by atoms with Gasteiger partial charge >= 0.3 is 5.97 Å². The number of methoxy groups -OCH3 is 2. The Morgan fingerprint density at radius 2 is 1.69 bits per heavy atom. The molecule has 0 aliphatic carbocycles. The zero-order valence-corrected chi connectivity index (χ0v) is 20.3. The SMILES string of the molecule is CCOc1cc(/C=N/NC(=O)Cc2ccc(OC)c(OC)c2)ccc1OC(=O)c1ccccc1Cl. The molecule has 3 aromatic rings. The molecule has 0 fully saturated rings. The minimum absolute atomic E-state index is 0.110. The van der Waals surface area contributed by atoms with Crippen LogP contribution >= 0.6 is 11.6 Å². The highest BCUT2D eigenvalue weighted by Gasteiger charge is 2.15. The highest BCUT2D eigenvalue weighted by atomic mass is 35.5. The topological polar surface area (TPSA) is 95.5 Å². The molecular formula is C26H25ClN2O6. The van der Waals surface area contributed by atoms with Crippen LogP contribution < -0.4 is 24.4 Å². The van der Waals surface area contributed by atoms with Crippen molar-refractivity contribution in [1.82, 2.24) is 5.43 Å². The summed E-state index contributed by atoms with van der Waals surface area (Å²) in [4.78, 5) is 24.8. The van der Waals surface area contributed by atoms with E-state index in [0.29, 0.717) is 34.4 Å². The van der Waals surface area contributed by atoms with Crippen molar-refractivity contribution in [2.45, 2.75) is 13.3 Å². The van der Waals surface area contributed by atoms with E-state index in [-0.39, 0.29) is 23.6 Å². The Hall–Kier alpha value is -4.04. The fraction of sp³-hybridized carbons (Fsp3) is 0.192. The van der Waals surface area contributed by atoms with Crippen molar-refractivity contribution in [3.8, 4) is 23.0 Å². The molecule has 0 saturated heterocycles. The first kappa shape index (κ1) is 25.6. The second-order valence-electron chi connectivity index (χ2n) is 7.17. The number of ether oxygens (including phenoxy) is 4. The number of hydrazone groups is 1. The summed E-state index contributed by atoms with van der Waals surface area (Å²) < 4.78 is 21.6. The largest absolute Gasteiger partial charge is 0.493 e. The van der Waals surface area contributed by atoms with E-state index in [9.17, 15) is 9.59 Å². The summed E-state index contributed by atoms with van der Waals surface area (Å²) in [6, 6.07) is 16.8. The summed E-state index contributed by atoms with van der Waals surface area (Å²) in [5, 5.41) is 4.30. The molecule has 1 N–H and O–H groups in total. The van der Waals surface area contributed by atoms with Gasteiger partial charge in [0.15, 0.2) is 23.0 Å². The highest BCUT2D eigenvalue weighted by Crippen LogP contribution is 2.30.